The molecule has 2 aromatic carbocycles. The zero-order valence-corrected chi connectivity index (χ0v) is 13.6. The Morgan fingerprint density at radius 3 is 2.14 bits per heavy atom. The zero-order valence-electron chi connectivity index (χ0n) is 13.6. The molecular weight excluding hydrogens is 256 g/mol. The van der Waals surface area contributed by atoms with Gasteiger partial charge in [-0.15, -0.1) is 0 Å². The van der Waals surface area contributed by atoms with E-state index in [-0.39, 0.29) is 12.0 Å². The van der Waals surface area contributed by atoms with Crippen LogP contribution in [-0.4, -0.2) is 5.11 Å². The van der Waals surface area contributed by atoms with Gasteiger partial charge in [-0.3, -0.25) is 0 Å². The second kappa shape index (κ2) is 6.44. The van der Waals surface area contributed by atoms with Crippen LogP contribution in [0.2, 0.25) is 0 Å². The molecule has 0 unspecified atom stereocenters. The summed E-state index contributed by atoms with van der Waals surface area (Å²) in [5.74, 6) is 0.685. The fraction of sp³-hybridized carbons (Fsp3) is 0.400. The molecule has 0 radical (unpaired) electrons. The van der Waals surface area contributed by atoms with Gasteiger partial charge in [-0.05, 0) is 34.6 Å². The van der Waals surface area contributed by atoms with Crippen LogP contribution in [-0.2, 0) is 18.4 Å². The third kappa shape index (κ3) is 3.74. The topological polar surface area (TPSA) is 20.2 Å². The largest absolute Gasteiger partial charge is 0.392 e. The lowest BCUT2D eigenvalue weighted by atomic mass is 9.77. The quantitative estimate of drug-likeness (QED) is 0.842. The van der Waals surface area contributed by atoms with E-state index in [0.717, 1.165) is 12.0 Å². The summed E-state index contributed by atoms with van der Waals surface area (Å²) in [6.45, 7) is 9.07. The van der Waals surface area contributed by atoms with Gasteiger partial charge in [0.15, 0.2) is 0 Å². The van der Waals surface area contributed by atoms with Crippen LogP contribution in [0.5, 0.6) is 0 Å². The van der Waals surface area contributed by atoms with E-state index in [2.05, 4.69) is 64.1 Å². The summed E-state index contributed by atoms with van der Waals surface area (Å²) in [5, 5.41) is 9.32. The predicted molar refractivity (Wildman–Crippen MR) is 89.5 cm³/mol. The van der Waals surface area contributed by atoms with Crippen LogP contribution < -0.4 is 0 Å². The van der Waals surface area contributed by atoms with Crippen molar-refractivity contribution in [1.82, 2.24) is 0 Å². The highest BCUT2D eigenvalue weighted by atomic mass is 16.3. The first-order valence-corrected chi connectivity index (χ1v) is 7.73. The number of aliphatic hydroxyl groups is 1. The normalized spacial score (nSPS) is 11.9. The number of aliphatic hydroxyl groups excluding tert-OH is 1. The maximum Gasteiger partial charge on any atom is 0.0681 e. The van der Waals surface area contributed by atoms with Crippen LogP contribution >= 0.6 is 0 Å². The second-order valence-corrected chi connectivity index (χ2v) is 6.78. The summed E-state index contributed by atoms with van der Waals surface area (Å²) in [5.41, 5.74) is 4.86. The average molecular weight is 282 g/mol. The molecule has 0 amide bonds. The molecule has 2 aromatic rings. The Morgan fingerprint density at radius 1 is 0.905 bits per heavy atom. The maximum absolute atomic E-state index is 9.32. The third-order valence-electron chi connectivity index (χ3n) is 4.15. The van der Waals surface area contributed by atoms with Gasteiger partial charge in [0, 0.05) is 5.41 Å². The molecule has 1 nitrogen and oxygen atoms in total. The van der Waals surface area contributed by atoms with E-state index in [4.69, 9.17) is 0 Å². The molecule has 112 valence electrons. The van der Waals surface area contributed by atoms with Crippen molar-refractivity contribution in [2.75, 3.05) is 0 Å². The SMILES string of the molecule is CC(C)Cc1ccc(C(C)(C)c2cccc(CO)c2)cc1. The molecule has 0 atom stereocenters. The van der Waals surface area contributed by atoms with Crippen LogP contribution in [0, 0.1) is 5.92 Å². The van der Waals surface area contributed by atoms with E-state index in [1.54, 1.807) is 0 Å². The van der Waals surface area contributed by atoms with Gasteiger partial charge in [-0.1, -0.05) is 76.2 Å². The Labute approximate surface area is 128 Å². The van der Waals surface area contributed by atoms with Gasteiger partial charge in [0.1, 0.15) is 0 Å². The Kier molecular flexibility index (Phi) is 4.84. The third-order valence-corrected chi connectivity index (χ3v) is 4.15. The lowest BCUT2D eigenvalue weighted by molar-refractivity contribution is 0.281. The first-order chi connectivity index (χ1) is 9.93. The maximum atomic E-state index is 9.32. The molecule has 0 bridgehead atoms. The highest BCUT2D eigenvalue weighted by molar-refractivity contribution is 5.40. The Bertz CT molecular complexity index is 579. The molecule has 0 heterocycles. The summed E-state index contributed by atoms with van der Waals surface area (Å²) >= 11 is 0. The number of benzene rings is 2. The minimum Gasteiger partial charge on any atom is -0.392 e. The standard InChI is InChI=1S/C20H26O/c1-15(2)12-16-8-10-18(11-9-16)20(3,4)19-7-5-6-17(13-19)14-21/h5-11,13,15,21H,12,14H2,1-4H3. The van der Waals surface area contributed by atoms with E-state index < -0.39 is 0 Å². The molecule has 0 saturated carbocycles. The fourth-order valence-corrected chi connectivity index (χ4v) is 2.75. The van der Waals surface area contributed by atoms with Gasteiger partial charge in [-0.25, -0.2) is 0 Å². The van der Waals surface area contributed by atoms with Crippen molar-refractivity contribution < 1.29 is 5.11 Å². The Balaban J connectivity index is 2.29. The molecule has 0 aliphatic heterocycles. The van der Waals surface area contributed by atoms with Crippen molar-refractivity contribution in [1.29, 1.82) is 0 Å². The van der Waals surface area contributed by atoms with Crippen LogP contribution in [0.4, 0.5) is 0 Å². The zero-order chi connectivity index (χ0) is 15.5. The summed E-state index contributed by atoms with van der Waals surface area (Å²) in [7, 11) is 0. The monoisotopic (exact) mass is 282 g/mol. The van der Waals surface area contributed by atoms with Crippen molar-refractivity contribution in [2.24, 2.45) is 5.92 Å². The van der Waals surface area contributed by atoms with E-state index in [1.807, 2.05) is 12.1 Å². The molecule has 0 saturated heterocycles. The van der Waals surface area contributed by atoms with Gasteiger partial charge in [0.05, 0.1) is 6.61 Å². The molecule has 0 aliphatic rings. The molecular formula is C20H26O. The van der Waals surface area contributed by atoms with Crippen molar-refractivity contribution >= 4 is 0 Å². The second-order valence-electron chi connectivity index (χ2n) is 6.78. The minimum atomic E-state index is -0.0540. The van der Waals surface area contributed by atoms with Crippen molar-refractivity contribution in [3.05, 3.63) is 70.8 Å². The highest BCUT2D eigenvalue weighted by Gasteiger charge is 2.23. The average Bonchev–Trinajstić information content (AvgIpc) is 2.47. The van der Waals surface area contributed by atoms with Gasteiger partial charge >= 0.3 is 0 Å². The molecule has 0 aromatic heterocycles. The van der Waals surface area contributed by atoms with Crippen LogP contribution in [0.25, 0.3) is 0 Å². The molecule has 0 aliphatic carbocycles. The summed E-state index contributed by atoms with van der Waals surface area (Å²) < 4.78 is 0. The summed E-state index contributed by atoms with van der Waals surface area (Å²) in [6, 6.07) is 17.2. The lowest BCUT2D eigenvalue weighted by Gasteiger charge is -2.27. The van der Waals surface area contributed by atoms with E-state index in [1.165, 1.54) is 16.7 Å². The number of rotatable bonds is 5. The smallest absolute Gasteiger partial charge is 0.0681 e. The molecule has 21 heavy (non-hydrogen) atoms. The van der Waals surface area contributed by atoms with Crippen molar-refractivity contribution in [2.45, 2.75) is 46.1 Å². The minimum absolute atomic E-state index is 0.0540. The Hall–Kier alpha value is -1.60. The predicted octanol–water partition coefficient (Wildman–Crippen LogP) is 4.70. The van der Waals surface area contributed by atoms with Gasteiger partial charge < -0.3 is 5.11 Å². The number of hydrogen-bond donors (Lipinski definition) is 1. The summed E-state index contributed by atoms with van der Waals surface area (Å²) in [4.78, 5) is 0. The van der Waals surface area contributed by atoms with E-state index in [9.17, 15) is 5.11 Å². The van der Waals surface area contributed by atoms with Crippen LogP contribution in [0.1, 0.15) is 49.9 Å². The molecule has 1 N–H and O–H groups in total. The molecule has 0 fully saturated rings. The fourth-order valence-electron chi connectivity index (χ4n) is 2.75. The van der Waals surface area contributed by atoms with E-state index in [0.29, 0.717) is 5.92 Å². The van der Waals surface area contributed by atoms with E-state index >= 15 is 0 Å². The molecule has 0 spiro atoms. The summed E-state index contributed by atoms with van der Waals surface area (Å²) in [6.07, 6.45) is 1.13. The van der Waals surface area contributed by atoms with Crippen LogP contribution in [0.3, 0.4) is 0 Å². The number of hydrogen-bond acceptors (Lipinski definition) is 1. The lowest BCUT2D eigenvalue weighted by Crippen LogP contribution is -2.19. The van der Waals surface area contributed by atoms with Gasteiger partial charge in [-0.2, -0.15) is 0 Å². The Morgan fingerprint density at radius 2 is 1.57 bits per heavy atom. The van der Waals surface area contributed by atoms with Crippen molar-refractivity contribution in [3.8, 4) is 0 Å². The van der Waals surface area contributed by atoms with Crippen LogP contribution in [0.15, 0.2) is 48.5 Å². The van der Waals surface area contributed by atoms with Gasteiger partial charge in [0.25, 0.3) is 0 Å². The van der Waals surface area contributed by atoms with Gasteiger partial charge in [0.2, 0.25) is 0 Å². The highest BCUT2D eigenvalue weighted by Crippen LogP contribution is 2.32. The molecule has 2 rings (SSSR count). The van der Waals surface area contributed by atoms with Crippen molar-refractivity contribution in [3.63, 3.8) is 0 Å². The first kappa shape index (κ1) is 15.8. The first-order valence-electron chi connectivity index (χ1n) is 7.73. The molecule has 1 heteroatoms.